The van der Waals surface area contributed by atoms with E-state index in [0.717, 1.165) is 0 Å². The van der Waals surface area contributed by atoms with Gasteiger partial charge in [0.1, 0.15) is 0 Å². The fraction of sp³-hybridized carbons (Fsp3) is 0.444. The second-order valence-electron chi connectivity index (χ2n) is 3.48. The lowest BCUT2D eigenvalue weighted by atomic mass is 10.1. The summed E-state index contributed by atoms with van der Waals surface area (Å²) in [4.78, 5) is 0. The van der Waals surface area contributed by atoms with Crippen LogP contribution in [0.1, 0.15) is 29.5 Å². The molecule has 0 spiro atoms. The van der Waals surface area contributed by atoms with E-state index < -0.39 is 0 Å². The van der Waals surface area contributed by atoms with E-state index in [-0.39, 0.29) is 0 Å². The molecule has 2 aliphatic carbocycles. The fourth-order valence-corrected chi connectivity index (χ4v) is 2.23. The largest absolute Gasteiger partial charge is 0.275 e. The third-order valence-corrected chi connectivity index (χ3v) is 2.72. The smallest absolute Gasteiger partial charge is 0.0731 e. The number of fused-ring (bicyclic) bond motifs is 5. The molecule has 1 aromatic rings. The first kappa shape index (κ1) is 5.58. The van der Waals surface area contributed by atoms with Crippen LogP contribution in [0.15, 0.2) is 18.3 Å². The van der Waals surface area contributed by atoms with Gasteiger partial charge in [-0.15, -0.1) is 0 Å². The van der Waals surface area contributed by atoms with Crippen molar-refractivity contribution in [3.8, 4) is 0 Å². The van der Waals surface area contributed by atoms with E-state index >= 15 is 0 Å². The van der Waals surface area contributed by atoms with Crippen molar-refractivity contribution in [2.24, 2.45) is 7.05 Å². The van der Waals surface area contributed by atoms with Crippen molar-refractivity contribution in [3.05, 3.63) is 29.6 Å². The average Bonchev–Trinajstić information content (AvgIpc) is 2.53. The van der Waals surface area contributed by atoms with E-state index in [4.69, 9.17) is 0 Å². The van der Waals surface area contributed by atoms with Gasteiger partial charge in [-0.3, -0.25) is 4.68 Å². The van der Waals surface area contributed by atoms with Gasteiger partial charge in [-0.05, 0) is 6.42 Å². The van der Waals surface area contributed by atoms with Gasteiger partial charge in [0.05, 0.1) is 5.69 Å². The predicted molar refractivity (Wildman–Crippen MR) is 42.4 cm³/mol. The van der Waals surface area contributed by atoms with E-state index in [1.165, 1.54) is 17.7 Å². The van der Waals surface area contributed by atoms with Gasteiger partial charge in [0.2, 0.25) is 0 Å². The molecule has 2 bridgehead atoms. The summed E-state index contributed by atoms with van der Waals surface area (Å²) in [5.41, 5.74) is 2.78. The summed E-state index contributed by atoms with van der Waals surface area (Å²) in [5, 5.41) is 4.44. The van der Waals surface area contributed by atoms with Gasteiger partial charge in [0.15, 0.2) is 0 Å². The Hall–Kier alpha value is -1.05. The van der Waals surface area contributed by atoms with Crippen LogP contribution in [0.3, 0.4) is 0 Å². The molecule has 0 saturated carbocycles. The highest BCUT2D eigenvalue weighted by atomic mass is 15.3. The summed E-state index contributed by atoms with van der Waals surface area (Å²) in [6, 6.07) is 0. The number of aryl methyl sites for hydroxylation is 1. The molecule has 3 rings (SSSR count). The maximum Gasteiger partial charge on any atom is 0.0731 e. The lowest BCUT2D eigenvalue weighted by Crippen LogP contribution is -1.93. The Bertz CT molecular complexity index is 306. The lowest BCUT2D eigenvalue weighted by molar-refractivity contribution is 0.699. The summed E-state index contributed by atoms with van der Waals surface area (Å²) in [6.07, 6.45) is 8.04. The normalized spacial score (nSPS) is 31.4. The minimum Gasteiger partial charge on any atom is -0.275 e. The standard InChI is InChI=1S/C9H10N2/c1-11-5-8-6-2-3-7(4-6)9(8)10-11/h2-3,5-7H,4H2,1H3/t6-,7+/m0/s1. The van der Waals surface area contributed by atoms with Gasteiger partial charge in [0, 0.05) is 30.6 Å². The van der Waals surface area contributed by atoms with Crippen LogP contribution in [-0.2, 0) is 7.05 Å². The summed E-state index contributed by atoms with van der Waals surface area (Å²) in [5.74, 6) is 1.32. The molecule has 1 aromatic heterocycles. The monoisotopic (exact) mass is 146 g/mol. The number of nitrogens with zero attached hydrogens (tertiary/aromatic N) is 2. The van der Waals surface area contributed by atoms with Crippen LogP contribution in [0.5, 0.6) is 0 Å². The highest BCUT2D eigenvalue weighted by molar-refractivity contribution is 5.42. The van der Waals surface area contributed by atoms with Crippen LogP contribution < -0.4 is 0 Å². The van der Waals surface area contributed by atoms with Crippen LogP contribution in [0.4, 0.5) is 0 Å². The Kier molecular flexibility index (Phi) is 0.799. The van der Waals surface area contributed by atoms with Gasteiger partial charge < -0.3 is 0 Å². The molecule has 0 N–H and O–H groups in total. The Labute approximate surface area is 65.5 Å². The Morgan fingerprint density at radius 2 is 2.27 bits per heavy atom. The summed E-state index contributed by atoms with van der Waals surface area (Å²) >= 11 is 0. The molecule has 0 amide bonds. The number of hydrogen-bond donors (Lipinski definition) is 0. The molecule has 2 heteroatoms. The number of aromatic nitrogens is 2. The third-order valence-electron chi connectivity index (χ3n) is 2.72. The highest BCUT2D eigenvalue weighted by Gasteiger charge is 2.34. The number of allylic oxidation sites excluding steroid dienone is 2. The summed E-state index contributed by atoms with van der Waals surface area (Å²) in [7, 11) is 2.00. The van der Waals surface area contributed by atoms with Crippen molar-refractivity contribution < 1.29 is 0 Å². The molecule has 2 aliphatic rings. The molecule has 0 aromatic carbocycles. The zero-order valence-corrected chi connectivity index (χ0v) is 6.49. The molecule has 0 unspecified atom stereocenters. The van der Waals surface area contributed by atoms with Crippen LogP contribution in [-0.4, -0.2) is 9.78 Å². The molecule has 11 heavy (non-hydrogen) atoms. The van der Waals surface area contributed by atoms with Crippen molar-refractivity contribution in [1.29, 1.82) is 0 Å². The molecule has 1 heterocycles. The van der Waals surface area contributed by atoms with Crippen molar-refractivity contribution in [3.63, 3.8) is 0 Å². The average molecular weight is 146 g/mol. The molecule has 0 saturated heterocycles. The van der Waals surface area contributed by atoms with E-state index in [9.17, 15) is 0 Å². The Balaban J connectivity index is 2.25. The fourth-order valence-electron chi connectivity index (χ4n) is 2.23. The van der Waals surface area contributed by atoms with Crippen LogP contribution in [0.25, 0.3) is 0 Å². The molecule has 0 fully saturated rings. The van der Waals surface area contributed by atoms with Gasteiger partial charge >= 0.3 is 0 Å². The second-order valence-corrected chi connectivity index (χ2v) is 3.48. The maximum absolute atomic E-state index is 4.44. The van der Waals surface area contributed by atoms with Gasteiger partial charge in [-0.1, -0.05) is 12.2 Å². The van der Waals surface area contributed by atoms with Crippen molar-refractivity contribution >= 4 is 0 Å². The summed E-state index contributed by atoms with van der Waals surface area (Å²) < 4.78 is 1.93. The van der Waals surface area contributed by atoms with Crippen molar-refractivity contribution in [1.82, 2.24) is 9.78 Å². The Morgan fingerprint density at radius 1 is 1.45 bits per heavy atom. The van der Waals surface area contributed by atoms with Crippen molar-refractivity contribution in [2.75, 3.05) is 0 Å². The predicted octanol–water partition coefficient (Wildman–Crippen LogP) is 1.56. The molecular formula is C9H10N2. The Morgan fingerprint density at radius 3 is 3.09 bits per heavy atom. The first-order valence-corrected chi connectivity index (χ1v) is 4.06. The second kappa shape index (κ2) is 1.58. The molecule has 2 atom stereocenters. The first-order valence-electron chi connectivity index (χ1n) is 4.06. The van der Waals surface area contributed by atoms with Crippen molar-refractivity contribution in [2.45, 2.75) is 18.3 Å². The van der Waals surface area contributed by atoms with Crippen LogP contribution in [0.2, 0.25) is 0 Å². The van der Waals surface area contributed by atoms with E-state index in [2.05, 4.69) is 23.4 Å². The summed E-state index contributed by atoms with van der Waals surface area (Å²) in [6.45, 7) is 0. The molecule has 56 valence electrons. The van der Waals surface area contributed by atoms with Crippen LogP contribution in [0, 0.1) is 0 Å². The molecule has 2 nitrogen and oxygen atoms in total. The molecular weight excluding hydrogens is 136 g/mol. The van der Waals surface area contributed by atoms with Gasteiger partial charge in [0.25, 0.3) is 0 Å². The quantitative estimate of drug-likeness (QED) is 0.508. The maximum atomic E-state index is 4.44. The first-order chi connectivity index (χ1) is 5.34. The van der Waals surface area contributed by atoms with Gasteiger partial charge in [-0.2, -0.15) is 5.10 Å². The molecule has 0 radical (unpaired) electrons. The minimum absolute atomic E-state index is 0.635. The number of hydrogen-bond acceptors (Lipinski definition) is 1. The SMILES string of the molecule is Cn1cc2c(n1)[C@@H]1C=C[C@H]2C1. The van der Waals surface area contributed by atoms with E-state index in [0.29, 0.717) is 11.8 Å². The topological polar surface area (TPSA) is 17.8 Å². The zero-order valence-electron chi connectivity index (χ0n) is 6.49. The van der Waals surface area contributed by atoms with Crippen LogP contribution >= 0.6 is 0 Å². The molecule has 0 aliphatic heterocycles. The number of rotatable bonds is 0. The van der Waals surface area contributed by atoms with E-state index in [1.807, 2.05) is 11.7 Å². The van der Waals surface area contributed by atoms with Gasteiger partial charge in [-0.25, -0.2) is 0 Å². The zero-order chi connectivity index (χ0) is 7.42. The highest BCUT2D eigenvalue weighted by Crippen LogP contribution is 2.47. The van der Waals surface area contributed by atoms with E-state index in [1.54, 1.807) is 0 Å². The lowest BCUT2D eigenvalue weighted by Gasteiger charge is -1.99. The minimum atomic E-state index is 0.635. The third kappa shape index (κ3) is 0.553.